The van der Waals surface area contributed by atoms with E-state index in [2.05, 4.69) is 0 Å². The Balaban J connectivity index is 1.76. The van der Waals surface area contributed by atoms with Gasteiger partial charge in [0, 0.05) is 12.7 Å². The number of hydrogen-bond acceptors (Lipinski definition) is 6. The Labute approximate surface area is 213 Å². The van der Waals surface area contributed by atoms with Crippen LogP contribution in [0.5, 0.6) is 5.75 Å². The highest BCUT2D eigenvalue weighted by Gasteiger charge is 2.24. The van der Waals surface area contributed by atoms with Gasteiger partial charge < -0.3 is 9.30 Å². The van der Waals surface area contributed by atoms with E-state index in [1.54, 1.807) is 31.5 Å². The molecule has 0 spiro atoms. The van der Waals surface area contributed by atoms with Crippen LogP contribution < -0.4 is 15.8 Å². The Morgan fingerprint density at radius 3 is 2.35 bits per heavy atom. The first kappa shape index (κ1) is 24.5. The van der Waals surface area contributed by atoms with Gasteiger partial charge in [-0.15, -0.1) is 0 Å². The molecule has 0 fully saturated rings. The van der Waals surface area contributed by atoms with Gasteiger partial charge in [-0.2, -0.15) is 0 Å². The number of ether oxygens (including phenoxy) is 1. The summed E-state index contributed by atoms with van der Waals surface area (Å²) in [7, 11) is -2.47. The van der Waals surface area contributed by atoms with Crippen molar-refractivity contribution in [3.8, 4) is 5.75 Å². The molecule has 8 nitrogen and oxygen atoms in total. The second-order valence-electron chi connectivity index (χ2n) is 8.96. The van der Waals surface area contributed by atoms with Gasteiger partial charge in [-0.05, 0) is 67.8 Å². The summed E-state index contributed by atoms with van der Waals surface area (Å²) in [4.78, 5) is 18.1. The number of aryl methyl sites for hydroxylation is 4. The third kappa shape index (κ3) is 4.31. The predicted octanol–water partition coefficient (Wildman–Crippen LogP) is 3.83. The Bertz CT molecular complexity index is 1870. The molecular weight excluding hydrogens is 488 g/mol. The molecule has 0 aliphatic carbocycles. The highest BCUT2D eigenvalue weighted by Crippen LogP contribution is 2.22. The van der Waals surface area contributed by atoms with Crippen LogP contribution in [0.2, 0.25) is 0 Å². The van der Waals surface area contributed by atoms with Gasteiger partial charge in [-0.25, -0.2) is 13.4 Å². The molecule has 0 saturated heterocycles. The van der Waals surface area contributed by atoms with Crippen molar-refractivity contribution in [2.45, 2.75) is 36.6 Å². The lowest BCUT2D eigenvalue weighted by Crippen LogP contribution is -2.30. The topological polar surface area (TPSA) is 107 Å². The number of rotatable bonds is 6. The van der Waals surface area contributed by atoms with Crippen molar-refractivity contribution in [1.29, 1.82) is 5.41 Å². The molecule has 0 radical (unpaired) electrons. The largest absolute Gasteiger partial charge is 0.497 e. The summed E-state index contributed by atoms with van der Waals surface area (Å²) in [6.07, 6.45) is 2.11. The maximum atomic E-state index is 13.7. The van der Waals surface area contributed by atoms with Crippen LogP contribution in [0.15, 0.2) is 87.5 Å². The maximum absolute atomic E-state index is 13.7. The number of benzene rings is 2. The van der Waals surface area contributed by atoms with Crippen LogP contribution in [0.25, 0.3) is 16.7 Å². The van der Waals surface area contributed by atoms with E-state index in [0.717, 1.165) is 22.4 Å². The van der Waals surface area contributed by atoms with Crippen LogP contribution in [0.3, 0.4) is 0 Å². The van der Waals surface area contributed by atoms with Crippen molar-refractivity contribution in [3.63, 3.8) is 0 Å². The Morgan fingerprint density at radius 1 is 0.973 bits per heavy atom. The monoisotopic (exact) mass is 514 g/mol. The zero-order valence-electron chi connectivity index (χ0n) is 20.7. The van der Waals surface area contributed by atoms with Gasteiger partial charge in [0.15, 0.2) is 0 Å². The number of aromatic nitrogens is 3. The maximum Gasteiger partial charge on any atom is 0.267 e. The number of nitrogens with one attached hydrogen (secondary N) is 1. The molecule has 0 atom stereocenters. The minimum Gasteiger partial charge on any atom is -0.497 e. The van der Waals surface area contributed by atoms with E-state index in [4.69, 9.17) is 15.1 Å². The van der Waals surface area contributed by atoms with Crippen LogP contribution >= 0.6 is 0 Å². The molecule has 5 rings (SSSR count). The average molecular weight is 515 g/mol. The number of sulfone groups is 1. The van der Waals surface area contributed by atoms with Gasteiger partial charge in [0.1, 0.15) is 27.4 Å². The minimum absolute atomic E-state index is 0.0670. The molecule has 0 aliphatic heterocycles. The fourth-order valence-corrected chi connectivity index (χ4v) is 5.76. The van der Waals surface area contributed by atoms with E-state index in [0.29, 0.717) is 12.1 Å². The third-order valence-electron chi connectivity index (χ3n) is 6.50. The van der Waals surface area contributed by atoms with Gasteiger partial charge >= 0.3 is 0 Å². The molecule has 37 heavy (non-hydrogen) atoms. The van der Waals surface area contributed by atoms with Gasteiger partial charge in [0.05, 0.1) is 17.4 Å². The second-order valence-corrected chi connectivity index (χ2v) is 10.9. The molecule has 0 bridgehead atoms. The fraction of sp³-hybridized carbons (Fsp3) is 0.179. The Kier molecular flexibility index (Phi) is 6.16. The lowest BCUT2D eigenvalue weighted by atomic mass is 10.1. The van der Waals surface area contributed by atoms with Crippen molar-refractivity contribution in [2.75, 3.05) is 7.11 Å². The van der Waals surface area contributed by atoms with E-state index in [1.807, 2.05) is 44.2 Å². The smallest absolute Gasteiger partial charge is 0.267 e. The molecule has 0 saturated carbocycles. The molecule has 3 aromatic heterocycles. The van der Waals surface area contributed by atoms with Crippen LogP contribution in [0.4, 0.5) is 0 Å². The van der Waals surface area contributed by atoms with E-state index in [1.165, 1.54) is 27.2 Å². The summed E-state index contributed by atoms with van der Waals surface area (Å²) in [5.74, 6) is 0.728. The minimum atomic E-state index is -4.07. The van der Waals surface area contributed by atoms with Crippen LogP contribution in [-0.2, 0) is 22.8 Å². The zero-order valence-corrected chi connectivity index (χ0v) is 21.5. The average Bonchev–Trinajstić information content (AvgIpc) is 2.89. The van der Waals surface area contributed by atoms with Crippen molar-refractivity contribution in [2.24, 2.45) is 0 Å². The summed E-state index contributed by atoms with van der Waals surface area (Å²) >= 11 is 0. The number of methoxy groups -OCH3 is 1. The highest BCUT2D eigenvalue weighted by molar-refractivity contribution is 7.91. The quantitative estimate of drug-likeness (QED) is 0.347. The Hall–Kier alpha value is -4.24. The number of nitrogens with zero attached hydrogens (tertiary/aromatic N) is 3. The molecule has 3 heterocycles. The number of pyridine rings is 2. The van der Waals surface area contributed by atoms with E-state index in [9.17, 15) is 13.2 Å². The normalized spacial score (nSPS) is 11.8. The molecule has 188 valence electrons. The summed E-state index contributed by atoms with van der Waals surface area (Å²) in [6.45, 7) is 3.98. The van der Waals surface area contributed by atoms with Gasteiger partial charge in [0.25, 0.3) is 5.56 Å². The summed E-state index contributed by atoms with van der Waals surface area (Å²) in [5.41, 5.74) is 2.83. The first-order valence-electron chi connectivity index (χ1n) is 11.8. The summed E-state index contributed by atoms with van der Waals surface area (Å²) in [6, 6.07) is 18.9. The van der Waals surface area contributed by atoms with E-state index >= 15 is 0 Å². The molecule has 1 N–H and O–H groups in total. The van der Waals surface area contributed by atoms with Crippen LogP contribution in [0, 0.1) is 19.3 Å². The summed E-state index contributed by atoms with van der Waals surface area (Å²) < 4.78 is 35.5. The molecule has 0 aliphatic rings. The van der Waals surface area contributed by atoms with Crippen molar-refractivity contribution in [1.82, 2.24) is 14.0 Å². The van der Waals surface area contributed by atoms with Gasteiger partial charge in [-0.1, -0.05) is 35.9 Å². The first-order valence-corrected chi connectivity index (χ1v) is 13.2. The van der Waals surface area contributed by atoms with Crippen LogP contribution in [-0.4, -0.2) is 29.5 Å². The van der Waals surface area contributed by atoms with Crippen molar-refractivity contribution in [3.05, 3.63) is 105 Å². The molecule has 2 aromatic carbocycles. The molecule has 0 unspecified atom stereocenters. The van der Waals surface area contributed by atoms with Crippen molar-refractivity contribution < 1.29 is 13.2 Å². The van der Waals surface area contributed by atoms with E-state index < -0.39 is 9.84 Å². The highest BCUT2D eigenvalue weighted by atomic mass is 32.2. The SMILES string of the molecule is COc1ccc(CCn2c(=N)c(S(=O)(=O)c3ccc(C)cc3)cc3c(=O)n4cccc(C)c4nc32)cc1. The Morgan fingerprint density at radius 2 is 1.68 bits per heavy atom. The van der Waals surface area contributed by atoms with Gasteiger partial charge in [0.2, 0.25) is 9.84 Å². The lowest BCUT2D eigenvalue weighted by molar-refractivity contribution is 0.414. The number of hydrogen-bond donors (Lipinski definition) is 1. The molecular formula is C28H26N4O4S. The molecule has 5 aromatic rings. The zero-order chi connectivity index (χ0) is 26.3. The predicted molar refractivity (Wildman–Crippen MR) is 141 cm³/mol. The third-order valence-corrected chi connectivity index (χ3v) is 8.29. The molecule has 9 heteroatoms. The first-order chi connectivity index (χ1) is 17.7. The second kappa shape index (κ2) is 9.33. The standard InChI is InChI=1S/C28H26N4O4S/c1-18-6-12-22(13-7-18)37(34,35)24-17-23-27(30-26-19(2)5-4-15-32(26)28(23)33)31(25(24)29)16-14-20-8-10-21(36-3)11-9-20/h4-13,15,17,29H,14,16H2,1-3H3. The molecule has 0 amide bonds. The van der Waals surface area contributed by atoms with Crippen molar-refractivity contribution >= 4 is 26.5 Å². The summed E-state index contributed by atoms with van der Waals surface area (Å²) in [5, 5.41) is 9.09. The number of fused-ring (bicyclic) bond motifs is 2. The fourth-order valence-electron chi connectivity index (χ4n) is 4.37. The lowest BCUT2D eigenvalue weighted by Gasteiger charge is -2.16. The van der Waals surface area contributed by atoms with Gasteiger partial charge in [-0.3, -0.25) is 14.6 Å². The van der Waals surface area contributed by atoms with Crippen LogP contribution in [0.1, 0.15) is 16.7 Å². The van der Waals surface area contributed by atoms with E-state index in [-0.39, 0.29) is 38.4 Å².